The van der Waals surface area contributed by atoms with Crippen LogP contribution in [0.2, 0.25) is 0 Å². The lowest BCUT2D eigenvalue weighted by Gasteiger charge is -2.14. The molecule has 0 amide bonds. The number of rotatable bonds is 4. The molecule has 0 bridgehead atoms. The average molecular weight is 325 g/mol. The fourth-order valence-corrected chi connectivity index (χ4v) is 1.57. The molecule has 0 saturated heterocycles. The Morgan fingerprint density at radius 1 is 1.29 bits per heavy atom. The largest absolute Gasteiger partial charge is 0.358 e. The third kappa shape index (κ3) is 6.15. The van der Waals surface area contributed by atoms with Gasteiger partial charge in [-0.2, -0.15) is 0 Å². The standard InChI is InChI=1S/C12H15N5O2S2/c1-8(2)7-13-11(20)15-16-12(21)14-9-5-3-4-6-10(9)17(18)19/h3-6H,1,7H2,2H3,(H2,13,15,20)(H2,14,16,21). The lowest BCUT2D eigenvalue weighted by Crippen LogP contribution is -2.48. The van der Waals surface area contributed by atoms with Crippen LogP contribution in [0.25, 0.3) is 0 Å². The van der Waals surface area contributed by atoms with Crippen molar-refractivity contribution in [1.29, 1.82) is 0 Å². The van der Waals surface area contributed by atoms with Crippen LogP contribution in [0, 0.1) is 10.1 Å². The summed E-state index contributed by atoms with van der Waals surface area (Å²) in [5.41, 5.74) is 6.46. The SMILES string of the molecule is C=C(C)CNC(=S)NNC(=S)Nc1ccccc1[N+](=O)[O-]. The Kier molecular flexibility index (Phi) is 6.50. The van der Waals surface area contributed by atoms with E-state index in [2.05, 4.69) is 28.1 Å². The molecule has 1 rings (SSSR count). The highest BCUT2D eigenvalue weighted by molar-refractivity contribution is 7.80. The molecule has 0 fully saturated rings. The van der Waals surface area contributed by atoms with Crippen LogP contribution in [0.5, 0.6) is 0 Å². The van der Waals surface area contributed by atoms with Gasteiger partial charge in [-0.1, -0.05) is 24.3 Å². The molecule has 0 aliphatic carbocycles. The molecule has 0 heterocycles. The van der Waals surface area contributed by atoms with E-state index in [0.717, 1.165) is 5.57 Å². The van der Waals surface area contributed by atoms with Crippen molar-refractivity contribution < 1.29 is 4.92 Å². The summed E-state index contributed by atoms with van der Waals surface area (Å²) in [6, 6.07) is 6.19. The highest BCUT2D eigenvalue weighted by Gasteiger charge is 2.12. The van der Waals surface area contributed by atoms with E-state index >= 15 is 0 Å². The van der Waals surface area contributed by atoms with E-state index in [1.807, 2.05) is 6.92 Å². The second kappa shape index (κ2) is 8.12. The number of para-hydroxylation sites is 2. The Hall–Kier alpha value is -2.26. The van der Waals surface area contributed by atoms with Gasteiger partial charge in [0.05, 0.1) is 4.92 Å². The van der Waals surface area contributed by atoms with Gasteiger partial charge in [0, 0.05) is 12.6 Å². The molecule has 0 radical (unpaired) electrons. The minimum absolute atomic E-state index is 0.0652. The van der Waals surface area contributed by atoms with Crippen LogP contribution in [-0.2, 0) is 0 Å². The molecule has 0 saturated carbocycles. The minimum atomic E-state index is -0.489. The van der Waals surface area contributed by atoms with E-state index in [4.69, 9.17) is 24.4 Å². The zero-order valence-electron chi connectivity index (χ0n) is 11.3. The molecular formula is C12H15N5O2S2. The van der Waals surface area contributed by atoms with Crippen LogP contribution in [-0.4, -0.2) is 21.7 Å². The van der Waals surface area contributed by atoms with Crippen molar-refractivity contribution in [2.45, 2.75) is 6.92 Å². The van der Waals surface area contributed by atoms with Crippen molar-refractivity contribution in [3.63, 3.8) is 0 Å². The van der Waals surface area contributed by atoms with E-state index in [0.29, 0.717) is 17.3 Å². The number of benzene rings is 1. The van der Waals surface area contributed by atoms with Crippen LogP contribution >= 0.6 is 24.4 Å². The number of anilines is 1. The first-order valence-corrected chi connectivity index (χ1v) is 6.70. The Balaban J connectivity index is 2.49. The normalized spacial score (nSPS) is 9.38. The van der Waals surface area contributed by atoms with Crippen molar-refractivity contribution in [3.8, 4) is 0 Å². The maximum absolute atomic E-state index is 10.9. The number of nitrogens with one attached hydrogen (secondary N) is 4. The molecule has 0 unspecified atom stereocenters. The maximum Gasteiger partial charge on any atom is 0.292 e. The average Bonchev–Trinajstić information content (AvgIpc) is 2.43. The molecule has 0 spiro atoms. The van der Waals surface area contributed by atoms with Gasteiger partial charge in [-0.3, -0.25) is 21.0 Å². The van der Waals surface area contributed by atoms with Crippen LogP contribution in [0.15, 0.2) is 36.4 Å². The molecule has 4 N–H and O–H groups in total. The molecule has 9 heteroatoms. The molecule has 21 heavy (non-hydrogen) atoms. The first kappa shape index (κ1) is 16.8. The van der Waals surface area contributed by atoms with Crippen LogP contribution < -0.4 is 21.5 Å². The number of nitro benzene ring substituents is 1. The predicted molar refractivity (Wildman–Crippen MR) is 91.0 cm³/mol. The Bertz CT molecular complexity index is 577. The second-order valence-corrected chi connectivity index (χ2v) is 4.93. The summed E-state index contributed by atoms with van der Waals surface area (Å²) in [5, 5.41) is 17.0. The van der Waals surface area contributed by atoms with Crippen molar-refractivity contribution in [2.75, 3.05) is 11.9 Å². The molecule has 1 aromatic carbocycles. The summed E-state index contributed by atoms with van der Waals surface area (Å²) in [6.07, 6.45) is 0. The molecular weight excluding hydrogens is 310 g/mol. The summed E-state index contributed by atoms with van der Waals surface area (Å²) in [7, 11) is 0. The Morgan fingerprint density at radius 3 is 2.52 bits per heavy atom. The predicted octanol–water partition coefficient (Wildman–Crippen LogP) is 1.84. The zero-order chi connectivity index (χ0) is 15.8. The van der Waals surface area contributed by atoms with Gasteiger partial charge in [0.1, 0.15) is 5.69 Å². The lowest BCUT2D eigenvalue weighted by molar-refractivity contribution is -0.383. The van der Waals surface area contributed by atoms with E-state index in [-0.39, 0.29) is 10.8 Å². The summed E-state index contributed by atoms with van der Waals surface area (Å²) < 4.78 is 0. The number of thiocarbonyl (C=S) groups is 2. The van der Waals surface area contributed by atoms with Crippen molar-refractivity contribution in [3.05, 3.63) is 46.5 Å². The van der Waals surface area contributed by atoms with Gasteiger partial charge < -0.3 is 10.6 Å². The first-order chi connectivity index (χ1) is 9.90. The van der Waals surface area contributed by atoms with Gasteiger partial charge in [0.2, 0.25) is 0 Å². The molecule has 0 aromatic heterocycles. The van der Waals surface area contributed by atoms with E-state index in [1.54, 1.807) is 18.2 Å². The maximum atomic E-state index is 10.9. The number of hydrogen-bond acceptors (Lipinski definition) is 4. The fraction of sp³-hybridized carbons (Fsp3) is 0.167. The van der Waals surface area contributed by atoms with Crippen molar-refractivity contribution >= 4 is 46.0 Å². The summed E-state index contributed by atoms with van der Waals surface area (Å²) in [4.78, 5) is 10.4. The molecule has 0 aliphatic rings. The third-order valence-electron chi connectivity index (χ3n) is 2.19. The van der Waals surface area contributed by atoms with Crippen LogP contribution in [0.1, 0.15) is 6.92 Å². The minimum Gasteiger partial charge on any atom is -0.358 e. The van der Waals surface area contributed by atoms with Crippen molar-refractivity contribution in [1.82, 2.24) is 16.2 Å². The van der Waals surface area contributed by atoms with Gasteiger partial charge >= 0.3 is 0 Å². The molecule has 112 valence electrons. The topological polar surface area (TPSA) is 91.3 Å². The highest BCUT2D eigenvalue weighted by Crippen LogP contribution is 2.22. The molecule has 0 aliphatic heterocycles. The van der Waals surface area contributed by atoms with E-state index < -0.39 is 4.92 Å². The van der Waals surface area contributed by atoms with Gasteiger partial charge in [-0.15, -0.1) is 0 Å². The Morgan fingerprint density at radius 2 is 1.90 bits per heavy atom. The molecule has 7 nitrogen and oxygen atoms in total. The molecule has 1 aromatic rings. The Labute approximate surface area is 132 Å². The first-order valence-electron chi connectivity index (χ1n) is 5.89. The summed E-state index contributed by atoms with van der Waals surface area (Å²) in [6.45, 7) is 6.14. The van der Waals surface area contributed by atoms with Gasteiger partial charge in [0.25, 0.3) is 5.69 Å². The van der Waals surface area contributed by atoms with Crippen molar-refractivity contribution in [2.24, 2.45) is 0 Å². The van der Waals surface area contributed by atoms with Gasteiger partial charge in [0.15, 0.2) is 10.2 Å². The number of nitrogens with zero attached hydrogens (tertiary/aromatic N) is 1. The third-order valence-corrected chi connectivity index (χ3v) is 2.64. The summed E-state index contributed by atoms with van der Waals surface area (Å²) >= 11 is 10.0. The number of hydrogen-bond donors (Lipinski definition) is 4. The highest BCUT2D eigenvalue weighted by atomic mass is 32.1. The van der Waals surface area contributed by atoms with Gasteiger partial charge in [-0.05, 0) is 37.4 Å². The lowest BCUT2D eigenvalue weighted by atomic mass is 10.3. The summed E-state index contributed by atoms with van der Waals surface area (Å²) in [5.74, 6) is 0. The number of hydrazine groups is 1. The molecule has 0 atom stereocenters. The quantitative estimate of drug-likeness (QED) is 0.288. The smallest absolute Gasteiger partial charge is 0.292 e. The number of nitro groups is 1. The monoisotopic (exact) mass is 325 g/mol. The van der Waals surface area contributed by atoms with E-state index in [9.17, 15) is 10.1 Å². The zero-order valence-corrected chi connectivity index (χ0v) is 12.9. The fourth-order valence-electron chi connectivity index (χ4n) is 1.28. The van der Waals surface area contributed by atoms with Gasteiger partial charge in [-0.25, -0.2) is 0 Å². The second-order valence-electron chi connectivity index (χ2n) is 4.12. The van der Waals surface area contributed by atoms with Crippen LogP contribution in [0.4, 0.5) is 11.4 Å². The van der Waals surface area contributed by atoms with Crippen LogP contribution in [0.3, 0.4) is 0 Å². The van der Waals surface area contributed by atoms with E-state index in [1.165, 1.54) is 6.07 Å².